The van der Waals surface area contributed by atoms with Crippen molar-refractivity contribution in [1.82, 2.24) is 4.98 Å². The summed E-state index contributed by atoms with van der Waals surface area (Å²) in [6.45, 7) is 0. The molecule has 0 fully saturated rings. The third-order valence-corrected chi connectivity index (χ3v) is 4.88. The molecule has 0 aliphatic carbocycles. The van der Waals surface area contributed by atoms with Gasteiger partial charge < -0.3 is 9.72 Å². The van der Waals surface area contributed by atoms with Crippen molar-refractivity contribution in [2.75, 3.05) is 11.8 Å². The van der Waals surface area contributed by atoms with Crippen LogP contribution in [0.2, 0.25) is 0 Å². The number of sulfonamides is 1. The van der Waals surface area contributed by atoms with E-state index in [0.717, 1.165) is 0 Å². The van der Waals surface area contributed by atoms with Crippen molar-refractivity contribution in [3.8, 4) is 5.75 Å². The van der Waals surface area contributed by atoms with Gasteiger partial charge in [-0.05, 0) is 18.2 Å². The van der Waals surface area contributed by atoms with E-state index >= 15 is 0 Å². The second kappa shape index (κ2) is 5.85. The summed E-state index contributed by atoms with van der Waals surface area (Å²) in [5, 5.41) is 11.2. The molecule has 0 amide bonds. The molecule has 24 heavy (non-hydrogen) atoms. The van der Waals surface area contributed by atoms with Crippen molar-refractivity contribution in [3.63, 3.8) is 0 Å². The van der Waals surface area contributed by atoms with E-state index in [4.69, 9.17) is 4.74 Å². The molecule has 3 aromatic rings. The van der Waals surface area contributed by atoms with Crippen LogP contribution in [0.4, 0.5) is 11.4 Å². The fraction of sp³-hybridized carbons (Fsp3) is 0.0667. The molecule has 0 spiro atoms. The number of rotatable bonds is 5. The molecule has 0 saturated heterocycles. The number of fused-ring (bicyclic) bond motifs is 1. The maximum absolute atomic E-state index is 12.7. The van der Waals surface area contributed by atoms with Crippen LogP contribution in [0.3, 0.4) is 0 Å². The molecular weight excluding hydrogens is 334 g/mol. The van der Waals surface area contributed by atoms with Gasteiger partial charge in [-0.15, -0.1) is 0 Å². The highest BCUT2D eigenvalue weighted by Gasteiger charge is 2.22. The van der Waals surface area contributed by atoms with Crippen molar-refractivity contribution in [3.05, 3.63) is 58.8 Å². The average Bonchev–Trinajstić information content (AvgIpc) is 2.99. The number of hydrogen-bond acceptors (Lipinski definition) is 5. The summed E-state index contributed by atoms with van der Waals surface area (Å²) in [6, 6.07) is 10.6. The summed E-state index contributed by atoms with van der Waals surface area (Å²) in [4.78, 5) is 13.1. The summed E-state index contributed by atoms with van der Waals surface area (Å²) in [7, 11) is -2.52. The third-order valence-electron chi connectivity index (χ3n) is 3.48. The number of hydrogen-bond donors (Lipinski definition) is 2. The fourth-order valence-corrected chi connectivity index (χ4v) is 3.59. The summed E-state index contributed by atoms with van der Waals surface area (Å²) in [5.41, 5.74) is 0.580. The highest BCUT2D eigenvalue weighted by molar-refractivity contribution is 7.93. The SMILES string of the molecule is COc1ccccc1NS(=O)(=O)c1c[nH]c2ccc([N+](=O)[O-])cc12. The number of nitrogens with zero attached hydrogens (tertiary/aromatic N) is 1. The standard InChI is InChI=1S/C15H13N3O5S/c1-23-14-5-3-2-4-13(14)17-24(21,22)15-9-16-12-7-6-10(18(19)20)8-11(12)15/h2-9,16-17H,1H3. The number of anilines is 1. The number of aromatic nitrogens is 1. The van der Waals surface area contributed by atoms with Crippen LogP contribution >= 0.6 is 0 Å². The van der Waals surface area contributed by atoms with Crippen molar-refractivity contribution in [1.29, 1.82) is 0 Å². The van der Waals surface area contributed by atoms with Crippen molar-refractivity contribution >= 4 is 32.3 Å². The van der Waals surface area contributed by atoms with Crippen molar-refractivity contribution < 1.29 is 18.1 Å². The molecule has 9 heteroatoms. The first-order valence-electron chi connectivity index (χ1n) is 6.84. The first-order valence-corrected chi connectivity index (χ1v) is 8.32. The van der Waals surface area contributed by atoms with Gasteiger partial charge in [0.2, 0.25) is 0 Å². The predicted octanol–water partition coefficient (Wildman–Crippen LogP) is 2.89. The lowest BCUT2D eigenvalue weighted by molar-refractivity contribution is -0.384. The molecule has 0 aliphatic heterocycles. The Hall–Kier alpha value is -3.07. The number of nitro benzene ring substituents is 1. The molecule has 0 aliphatic rings. The van der Waals surface area contributed by atoms with E-state index in [1.165, 1.54) is 31.5 Å². The third kappa shape index (κ3) is 2.76. The molecule has 0 radical (unpaired) electrons. The Labute approximate surface area is 137 Å². The quantitative estimate of drug-likeness (QED) is 0.544. The number of aromatic amines is 1. The topological polar surface area (TPSA) is 114 Å². The van der Waals surface area contributed by atoms with Gasteiger partial charge in [0.05, 0.1) is 17.7 Å². The summed E-state index contributed by atoms with van der Waals surface area (Å²) in [5.74, 6) is 0.367. The van der Waals surface area contributed by atoms with Crippen LogP contribution in [0.5, 0.6) is 5.75 Å². The maximum atomic E-state index is 12.7. The Kier molecular flexibility index (Phi) is 3.86. The lowest BCUT2D eigenvalue weighted by Gasteiger charge is -2.11. The molecule has 0 saturated carbocycles. The van der Waals surface area contributed by atoms with Gasteiger partial charge in [0.15, 0.2) is 0 Å². The molecule has 1 heterocycles. The van der Waals surface area contributed by atoms with Gasteiger partial charge in [-0.2, -0.15) is 0 Å². The minimum Gasteiger partial charge on any atom is -0.495 e. The Morgan fingerprint density at radius 1 is 1.21 bits per heavy atom. The Balaban J connectivity index is 2.08. The Bertz CT molecular complexity index is 1030. The highest BCUT2D eigenvalue weighted by Crippen LogP contribution is 2.30. The number of ether oxygens (including phenoxy) is 1. The van der Waals surface area contributed by atoms with E-state index in [1.807, 2.05) is 0 Å². The van der Waals surface area contributed by atoms with Crippen LogP contribution in [-0.2, 0) is 10.0 Å². The number of methoxy groups -OCH3 is 1. The lowest BCUT2D eigenvalue weighted by Crippen LogP contribution is -2.13. The smallest absolute Gasteiger partial charge is 0.270 e. The van der Waals surface area contributed by atoms with Crippen molar-refractivity contribution in [2.45, 2.75) is 4.90 Å². The normalized spacial score (nSPS) is 11.4. The Morgan fingerprint density at radius 2 is 1.96 bits per heavy atom. The number of para-hydroxylation sites is 2. The van der Waals surface area contributed by atoms with E-state index < -0.39 is 14.9 Å². The molecule has 0 unspecified atom stereocenters. The van der Waals surface area contributed by atoms with Gasteiger partial charge in [0.1, 0.15) is 10.6 Å². The fourth-order valence-electron chi connectivity index (χ4n) is 2.35. The van der Waals surface area contributed by atoms with Crippen LogP contribution < -0.4 is 9.46 Å². The zero-order valence-electron chi connectivity index (χ0n) is 12.5. The van der Waals surface area contributed by atoms with E-state index in [9.17, 15) is 18.5 Å². The molecule has 0 bridgehead atoms. The second-order valence-corrected chi connectivity index (χ2v) is 6.60. The molecule has 3 rings (SSSR count). The van der Waals surface area contributed by atoms with Crippen LogP contribution in [-0.4, -0.2) is 25.4 Å². The zero-order chi connectivity index (χ0) is 17.3. The molecular formula is C15H13N3O5S. The second-order valence-electron chi connectivity index (χ2n) is 4.95. The van der Waals surface area contributed by atoms with Gasteiger partial charge in [-0.1, -0.05) is 12.1 Å². The largest absolute Gasteiger partial charge is 0.495 e. The molecule has 8 nitrogen and oxygen atoms in total. The molecule has 1 aromatic heterocycles. The van der Waals surface area contributed by atoms with Gasteiger partial charge in [0.25, 0.3) is 15.7 Å². The van der Waals surface area contributed by atoms with E-state index in [1.54, 1.807) is 24.3 Å². The monoisotopic (exact) mass is 347 g/mol. The summed E-state index contributed by atoms with van der Waals surface area (Å²) >= 11 is 0. The average molecular weight is 347 g/mol. The minimum atomic E-state index is -3.96. The number of nitrogens with one attached hydrogen (secondary N) is 2. The molecule has 124 valence electrons. The van der Waals surface area contributed by atoms with Gasteiger partial charge >= 0.3 is 0 Å². The van der Waals surface area contributed by atoms with E-state index in [2.05, 4.69) is 9.71 Å². The summed E-state index contributed by atoms with van der Waals surface area (Å²) < 4.78 is 32.9. The predicted molar refractivity (Wildman–Crippen MR) is 88.8 cm³/mol. The highest BCUT2D eigenvalue weighted by atomic mass is 32.2. The molecule has 0 atom stereocenters. The van der Waals surface area contributed by atoms with Crippen LogP contribution in [0.1, 0.15) is 0 Å². The van der Waals surface area contributed by atoms with E-state index in [-0.39, 0.29) is 21.7 Å². The minimum absolute atomic E-state index is 0.0768. The first-order chi connectivity index (χ1) is 11.4. The number of H-pyrrole nitrogens is 1. The van der Waals surface area contributed by atoms with Crippen LogP contribution in [0, 0.1) is 10.1 Å². The van der Waals surface area contributed by atoms with Gasteiger partial charge in [-0.25, -0.2) is 8.42 Å². The number of non-ortho nitro benzene ring substituents is 1. The van der Waals surface area contributed by atoms with Gasteiger partial charge in [-0.3, -0.25) is 14.8 Å². The number of nitro groups is 1. The summed E-state index contributed by atoms with van der Waals surface area (Å²) in [6.07, 6.45) is 1.30. The van der Waals surface area contributed by atoms with E-state index in [0.29, 0.717) is 11.3 Å². The first kappa shape index (κ1) is 15.8. The Morgan fingerprint density at radius 3 is 2.67 bits per heavy atom. The van der Waals surface area contributed by atoms with Gasteiger partial charge in [0, 0.05) is 29.2 Å². The zero-order valence-corrected chi connectivity index (χ0v) is 13.3. The lowest BCUT2D eigenvalue weighted by atomic mass is 10.2. The molecule has 2 aromatic carbocycles. The molecule has 2 N–H and O–H groups in total. The maximum Gasteiger partial charge on any atom is 0.270 e. The number of benzene rings is 2. The van der Waals surface area contributed by atoms with Crippen molar-refractivity contribution in [2.24, 2.45) is 0 Å². The van der Waals surface area contributed by atoms with Crippen LogP contribution in [0.15, 0.2) is 53.6 Å². The van der Waals surface area contributed by atoms with Crippen LogP contribution in [0.25, 0.3) is 10.9 Å².